The Hall–Kier alpha value is -3.56. The quantitative estimate of drug-likeness (QED) is 0.544. The van der Waals surface area contributed by atoms with Gasteiger partial charge in [-0.3, -0.25) is 4.79 Å². The summed E-state index contributed by atoms with van der Waals surface area (Å²) in [5.41, 5.74) is 2.92. The maximum atomic E-state index is 12.8. The summed E-state index contributed by atoms with van der Waals surface area (Å²) < 4.78 is 5.38. The molecule has 154 valence electrons. The highest BCUT2D eigenvalue weighted by atomic mass is 32.2. The topological polar surface area (TPSA) is 70.4 Å². The average Bonchev–Trinajstić information content (AvgIpc) is 2.82. The molecule has 31 heavy (non-hydrogen) atoms. The molecule has 0 spiro atoms. The van der Waals surface area contributed by atoms with Gasteiger partial charge in [0.15, 0.2) is 6.61 Å². The van der Waals surface area contributed by atoms with Gasteiger partial charge in [0, 0.05) is 22.0 Å². The largest absolute Gasteiger partial charge is 0.452 e. The van der Waals surface area contributed by atoms with E-state index in [1.165, 1.54) is 11.8 Å². The van der Waals surface area contributed by atoms with Crippen LogP contribution in [0.3, 0.4) is 0 Å². The van der Waals surface area contributed by atoms with Crippen molar-refractivity contribution in [3.8, 4) is 6.07 Å². The minimum absolute atomic E-state index is 0.236. The number of hydrogen-bond acceptors (Lipinski definition) is 5. The lowest BCUT2D eigenvalue weighted by Crippen LogP contribution is -2.38. The SMILES string of the molecule is N#Cc1ccccc1Sc1ccccc1C(=O)OCC(=O)N1CCCc2ccccc21. The van der Waals surface area contributed by atoms with Crippen LogP contribution >= 0.6 is 11.8 Å². The highest BCUT2D eigenvalue weighted by Gasteiger charge is 2.24. The Balaban J connectivity index is 1.47. The number of para-hydroxylation sites is 1. The molecule has 1 aliphatic rings. The lowest BCUT2D eigenvalue weighted by atomic mass is 10.0. The van der Waals surface area contributed by atoms with Crippen molar-refractivity contribution in [2.75, 3.05) is 18.1 Å². The van der Waals surface area contributed by atoms with Gasteiger partial charge in [-0.25, -0.2) is 4.79 Å². The number of esters is 1. The zero-order valence-electron chi connectivity index (χ0n) is 16.8. The van der Waals surface area contributed by atoms with E-state index in [-0.39, 0.29) is 12.5 Å². The molecular formula is C25H20N2O3S. The Morgan fingerprint density at radius 3 is 2.52 bits per heavy atom. The fraction of sp³-hybridized carbons (Fsp3) is 0.160. The lowest BCUT2D eigenvalue weighted by Gasteiger charge is -2.29. The van der Waals surface area contributed by atoms with Crippen LogP contribution in [-0.4, -0.2) is 25.0 Å². The van der Waals surface area contributed by atoms with Crippen LogP contribution in [0.5, 0.6) is 0 Å². The van der Waals surface area contributed by atoms with Gasteiger partial charge >= 0.3 is 5.97 Å². The maximum Gasteiger partial charge on any atom is 0.339 e. The van der Waals surface area contributed by atoms with Crippen molar-refractivity contribution in [3.05, 3.63) is 89.5 Å². The number of rotatable bonds is 5. The third kappa shape index (κ3) is 4.62. The first-order chi connectivity index (χ1) is 15.2. The average molecular weight is 429 g/mol. The molecule has 6 heteroatoms. The third-order valence-corrected chi connectivity index (χ3v) is 6.22. The van der Waals surface area contributed by atoms with Gasteiger partial charge in [0.2, 0.25) is 0 Å². The van der Waals surface area contributed by atoms with E-state index in [4.69, 9.17) is 4.74 Å². The van der Waals surface area contributed by atoms with Crippen molar-refractivity contribution in [2.45, 2.75) is 22.6 Å². The third-order valence-electron chi connectivity index (χ3n) is 5.07. The Morgan fingerprint density at radius 1 is 0.968 bits per heavy atom. The predicted octanol–water partition coefficient (Wildman–Crippen LogP) is 4.85. The molecule has 1 heterocycles. The number of anilines is 1. The van der Waals surface area contributed by atoms with Gasteiger partial charge < -0.3 is 9.64 Å². The highest BCUT2D eigenvalue weighted by molar-refractivity contribution is 7.99. The Bertz CT molecular complexity index is 1170. The van der Waals surface area contributed by atoms with E-state index in [1.54, 1.807) is 35.2 Å². The van der Waals surface area contributed by atoms with Gasteiger partial charge in [-0.1, -0.05) is 54.2 Å². The van der Waals surface area contributed by atoms with Crippen LogP contribution in [0.15, 0.2) is 82.6 Å². The van der Waals surface area contributed by atoms with Crippen molar-refractivity contribution in [1.29, 1.82) is 5.26 Å². The van der Waals surface area contributed by atoms with Crippen LogP contribution in [0.2, 0.25) is 0 Å². The standard InChI is InChI=1S/C25H20N2O3S/c26-16-19-9-2-5-13-22(19)31-23-14-6-3-11-20(23)25(29)30-17-24(28)27-15-7-10-18-8-1-4-12-21(18)27/h1-6,8-9,11-14H,7,10,15,17H2. The van der Waals surface area contributed by atoms with Gasteiger partial charge in [-0.15, -0.1) is 0 Å². The van der Waals surface area contributed by atoms with Crippen molar-refractivity contribution in [1.82, 2.24) is 0 Å². The van der Waals surface area contributed by atoms with Gasteiger partial charge in [0.25, 0.3) is 5.91 Å². The van der Waals surface area contributed by atoms with E-state index in [9.17, 15) is 14.9 Å². The Labute approximate surface area is 185 Å². The van der Waals surface area contributed by atoms with Crippen LogP contribution in [0.1, 0.15) is 27.9 Å². The molecular weight excluding hydrogens is 408 g/mol. The fourth-order valence-electron chi connectivity index (χ4n) is 3.57. The van der Waals surface area contributed by atoms with Gasteiger partial charge in [0.1, 0.15) is 6.07 Å². The summed E-state index contributed by atoms with van der Waals surface area (Å²) in [7, 11) is 0. The minimum atomic E-state index is -0.559. The molecule has 0 N–H and O–H groups in total. The second kappa shape index (κ2) is 9.50. The van der Waals surface area contributed by atoms with E-state index in [0.29, 0.717) is 22.6 Å². The molecule has 0 fully saturated rings. The zero-order valence-corrected chi connectivity index (χ0v) is 17.6. The summed E-state index contributed by atoms with van der Waals surface area (Å²) >= 11 is 1.33. The summed E-state index contributed by atoms with van der Waals surface area (Å²) in [5, 5.41) is 9.32. The van der Waals surface area contributed by atoms with E-state index < -0.39 is 5.97 Å². The van der Waals surface area contributed by atoms with E-state index >= 15 is 0 Å². The molecule has 0 radical (unpaired) electrons. The number of ether oxygens (including phenoxy) is 1. The van der Waals surface area contributed by atoms with Crippen LogP contribution in [-0.2, 0) is 16.0 Å². The molecule has 3 aromatic rings. The van der Waals surface area contributed by atoms with Crippen LogP contribution in [0.25, 0.3) is 0 Å². The number of aryl methyl sites for hydroxylation is 1. The van der Waals surface area contributed by atoms with Crippen molar-refractivity contribution >= 4 is 29.3 Å². The monoisotopic (exact) mass is 428 g/mol. The first kappa shape index (κ1) is 20.7. The van der Waals surface area contributed by atoms with Crippen molar-refractivity contribution in [2.24, 2.45) is 0 Å². The molecule has 0 atom stereocenters. The minimum Gasteiger partial charge on any atom is -0.452 e. The molecule has 0 aliphatic carbocycles. The smallest absolute Gasteiger partial charge is 0.339 e. The summed E-state index contributed by atoms with van der Waals surface area (Å²) in [6, 6.07) is 24.2. The number of hydrogen-bond donors (Lipinski definition) is 0. The van der Waals surface area contributed by atoms with Crippen molar-refractivity contribution in [3.63, 3.8) is 0 Å². The maximum absolute atomic E-state index is 12.8. The molecule has 0 aromatic heterocycles. The summed E-state index contributed by atoms with van der Waals surface area (Å²) in [6.07, 6.45) is 1.82. The summed E-state index contributed by atoms with van der Waals surface area (Å²) in [6.45, 7) is 0.297. The molecule has 5 nitrogen and oxygen atoms in total. The normalized spacial score (nSPS) is 12.5. The number of carbonyl (C=O) groups excluding carboxylic acids is 2. The predicted molar refractivity (Wildman–Crippen MR) is 119 cm³/mol. The summed E-state index contributed by atoms with van der Waals surface area (Å²) in [4.78, 5) is 28.7. The van der Waals surface area contributed by atoms with E-state index in [2.05, 4.69) is 6.07 Å². The lowest BCUT2D eigenvalue weighted by molar-refractivity contribution is -0.121. The molecule has 3 aromatic carbocycles. The van der Waals surface area contributed by atoms with Gasteiger partial charge in [-0.2, -0.15) is 5.26 Å². The number of amides is 1. The first-order valence-corrected chi connectivity index (χ1v) is 10.8. The molecule has 4 rings (SSSR count). The molecule has 1 amide bonds. The molecule has 0 unspecified atom stereocenters. The number of fused-ring (bicyclic) bond motifs is 1. The van der Waals surface area contributed by atoms with E-state index in [0.717, 1.165) is 29.0 Å². The summed E-state index contributed by atoms with van der Waals surface area (Å²) in [5.74, 6) is -0.795. The molecule has 0 saturated carbocycles. The van der Waals surface area contributed by atoms with Crippen LogP contribution in [0.4, 0.5) is 5.69 Å². The first-order valence-electron chi connectivity index (χ1n) is 9.99. The van der Waals surface area contributed by atoms with Crippen LogP contribution in [0, 0.1) is 11.3 Å². The Morgan fingerprint density at radius 2 is 1.68 bits per heavy atom. The molecule has 0 saturated heterocycles. The van der Waals surface area contributed by atoms with Crippen LogP contribution < -0.4 is 4.90 Å². The number of nitrogens with zero attached hydrogens (tertiary/aromatic N) is 2. The number of benzene rings is 3. The van der Waals surface area contributed by atoms with E-state index in [1.807, 2.05) is 42.5 Å². The van der Waals surface area contributed by atoms with Gasteiger partial charge in [-0.05, 0) is 48.7 Å². The second-order valence-electron chi connectivity index (χ2n) is 7.06. The number of nitriles is 1. The highest BCUT2D eigenvalue weighted by Crippen LogP contribution is 2.33. The number of carbonyl (C=O) groups is 2. The fourth-order valence-corrected chi connectivity index (χ4v) is 4.58. The van der Waals surface area contributed by atoms with Crippen molar-refractivity contribution < 1.29 is 14.3 Å². The second-order valence-corrected chi connectivity index (χ2v) is 8.14. The van der Waals surface area contributed by atoms with Gasteiger partial charge in [0.05, 0.1) is 11.1 Å². The zero-order chi connectivity index (χ0) is 21.6. The molecule has 1 aliphatic heterocycles. The Kier molecular flexibility index (Phi) is 6.34. The molecule has 0 bridgehead atoms.